The quantitative estimate of drug-likeness (QED) is 0.704. The van der Waals surface area contributed by atoms with E-state index in [0.717, 1.165) is 24.9 Å². The fourth-order valence-corrected chi connectivity index (χ4v) is 2.53. The van der Waals surface area contributed by atoms with E-state index in [-0.39, 0.29) is 0 Å². The summed E-state index contributed by atoms with van der Waals surface area (Å²) in [5.41, 5.74) is 0.969. The number of halogens is 1. The second-order valence-corrected chi connectivity index (χ2v) is 5.61. The molecule has 0 unspecified atom stereocenters. The molecule has 0 aliphatic carbocycles. The number of rotatable bonds is 10. The highest BCUT2D eigenvalue weighted by Gasteiger charge is 2.13. The van der Waals surface area contributed by atoms with E-state index in [1.165, 1.54) is 0 Å². The van der Waals surface area contributed by atoms with Gasteiger partial charge in [-0.3, -0.25) is 0 Å². The summed E-state index contributed by atoms with van der Waals surface area (Å²) in [7, 11) is 0. The smallest absolute Gasteiger partial charge is 0.243 e. The number of aromatic nitrogens is 4. The van der Waals surface area contributed by atoms with Gasteiger partial charge >= 0.3 is 0 Å². The first-order valence-corrected chi connectivity index (χ1v) is 8.65. The van der Waals surface area contributed by atoms with Gasteiger partial charge in [0.25, 0.3) is 0 Å². The Kier molecular flexibility index (Phi) is 7.11. The highest BCUT2D eigenvalue weighted by Crippen LogP contribution is 2.36. The standard InChI is InChI=1S/C16H24ClN5O2/c1-4-7-8-22-16(19-20-21-22)18-11-12-9-13(17)15(24-6-3)14(10-12)23-5-2/h9-10H,4-8,11H2,1-3H3,(H,18,19,21). The van der Waals surface area contributed by atoms with Crippen LogP contribution in [0.5, 0.6) is 11.5 Å². The van der Waals surface area contributed by atoms with Crippen molar-refractivity contribution in [2.75, 3.05) is 18.5 Å². The van der Waals surface area contributed by atoms with Crippen molar-refractivity contribution in [1.82, 2.24) is 20.2 Å². The van der Waals surface area contributed by atoms with Gasteiger partial charge in [0.15, 0.2) is 11.5 Å². The van der Waals surface area contributed by atoms with E-state index in [2.05, 4.69) is 27.8 Å². The van der Waals surface area contributed by atoms with Crippen LogP contribution < -0.4 is 14.8 Å². The molecule has 1 aromatic heterocycles. The van der Waals surface area contributed by atoms with Gasteiger partial charge in [0, 0.05) is 13.1 Å². The minimum atomic E-state index is 0.531. The number of tetrazole rings is 1. The molecule has 0 spiro atoms. The Labute approximate surface area is 147 Å². The number of nitrogens with one attached hydrogen (secondary N) is 1. The van der Waals surface area contributed by atoms with Crippen LogP contribution in [0, 0.1) is 0 Å². The molecule has 132 valence electrons. The van der Waals surface area contributed by atoms with Gasteiger partial charge < -0.3 is 14.8 Å². The first kappa shape index (κ1) is 18.3. The minimum absolute atomic E-state index is 0.531. The molecule has 7 nitrogen and oxygen atoms in total. The van der Waals surface area contributed by atoms with Crippen molar-refractivity contribution in [3.05, 3.63) is 22.7 Å². The number of nitrogens with zero attached hydrogens (tertiary/aromatic N) is 4. The van der Waals surface area contributed by atoms with Gasteiger partial charge in [0.05, 0.1) is 18.2 Å². The maximum absolute atomic E-state index is 6.33. The van der Waals surface area contributed by atoms with Crippen LogP contribution in [0.3, 0.4) is 0 Å². The lowest BCUT2D eigenvalue weighted by Crippen LogP contribution is -2.09. The molecule has 2 rings (SSSR count). The molecule has 24 heavy (non-hydrogen) atoms. The molecule has 0 radical (unpaired) electrons. The topological polar surface area (TPSA) is 74.1 Å². The molecular weight excluding hydrogens is 330 g/mol. The Morgan fingerprint density at radius 3 is 2.67 bits per heavy atom. The summed E-state index contributed by atoms with van der Waals surface area (Å²) in [5, 5.41) is 15.5. The lowest BCUT2D eigenvalue weighted by atomic mass is 10.2. The normalized spacial score (nSPS) is 10.7. The van der Waals surface area contributed by atoms with Crippen molar-refractivity contribution in [2.45, 2.75) is 46.7 Å². The minimum Gasteiger partial charge on any atom is -0.490 e. The Morgan fingerprint density at radius 1 is 1.17 bits per heavy atom. The predicted molar refractivity (Wildman–Crippen MR) is 93.8 cm³/mol. The van der Waals surface area contributed by atoms with Crippen molar-refractivity contribution < 1.29 is 9.47 Å². The second-order valence-electron chi connectivity index (χ2n) is 5.20. The summed E-state index contributed by atoms with van der Waals surface area (Å²) in [6, 6.07) is 3.79. The largest absolute Gasteiger partial charge is 0.490 e. The third-order valence-electron chi connectivity index (χ3n) is 3.36. The Hall–Kier alpha value is -2.02. The predicted octanol–water partition coefficient (Wildman–Crippen LogP) is 3.54. The molecule has 0 aliphatic heterocycles. The number of anilines is 1. The van der Waals surface area contributed by atoms with Crippen LogP contribution in [0.15, 0.2) is 12.1 Å². The van der Waals surface area contributed by atoms with Gasteiger partial charge in [-0.1, -0.05) is 30.0 Å². The second kappa shape index (κ2) is 9.32. The summed E-state index contributed by atoms with van der Waals surface area (Å²) in [6.45, 7) is 8.38. The molecule has 1 heterocycles. The van der Waals surface area contributed by atoms with Gasteiger partial charge in [-0.2, -0.15) is 0 Å². The van der Waals surface area contributed by atoms with Crippen LogP contribution in [0.4, 0.5) is 5.95 Å². The maximum Gasteiger partial charge on any atom is 0.243 e. The van der Waals surface area contributed by atoms with Gasteiger partial charge in [0.2, 0.25) is 5.95 Å². The van der Waals surface area contributed by atoms with E-state index in [4.69, 9.17) is 21.1 Å². The fraction of sp³-hybridized carbons (Fsp3) is 0.562. The summed E-state index contributed by atoms with van der Waals surface area (Å²) in [6.07, 6.45) is 2.12. The Balaban J connectivity index is 2.11. The van der Waals surface area contributed by atoms with E-state index >= 15 is 0 Å². The zero-order chi connectivity index (χ0) is 17.4. The van der Waals surface area contributed by atoms with Gasteiger partial charge in [-0.05, 0) is 48.4 Å². The number of benzene rings is 1. The van der Waals surface area contributed by atoms with Crippen LogP contribution in [-0.4, -0.2) is 33.4 Å². The van der Waals surface area contributed by atoms with Crippen molar-refractivity contribution in [3.63, 3.8) is 0 Å². The molecule has 0 saturated heterocycles. The van der Waals surface area contributed by atoms with Crippen molar-refractivity contribution in [2.24, 2.45) is 0 Å². The van der Waals surface area contributed by atoms with Crippen LogP contribution in [0.2, 0.25) is 5.02 Å². The molecule has 0 aliphatic rings. The molecule has 1 N–H and O–H groups in total. The fourth-order valence-electron chi connectivity index (χ4n) is 2.24. The number of unbranched alkanes of at least 4 members (excludes halogenated alkanes) is 1. The van der Waals surface area contributed by atoms with E-state index in [9.17, 15) is 0 Å². The number of aryl methyl sites for hydroxylation is 1. The third kappa shape index (κ3) is 4.74. The first-order valence-electron chi connectivity index (χ1n) is 8.27. The SMILES string of the molecule is CCCCn1nnnc1NCc1cc(Cl)c(OCC)c(OCC)c1. The molecule has 0 bridgehead atoms. The van der Waals surface area contributed by atoms with Crippen LogP contribution in [-0.2, 0) is 13.1 Å². The molecule has 0 amide bonds. The average molecular weight is 354 g/mol. The summed E-state index contributed by atoms with van der Waals surface area (Å²) in [5.74, 6) is 1.87. The van der Waals surface area contributed by atoms with E-state index in [1.54, 1.807) is 4.68 Å². The third-order valence-corrected chi connectivity index (χ3v) is 3.64. The van der Waals surface area contributed by atoms with Crippen molar-refractivity contribution in [3.8, 4) is 11.5 Å². The van der Waals surface area contributed by atoms with Crippen molar-refractivity contribution >= 4 is 17.5 Å². The number of ether oxygens (including phenoxy) is 2. The van der Waals surface area contributed by atoms with Gasteiger partial charge in [-0.15, -0.1) is 0 Å². The van der Waals surface area contributed by atoms with E-state index in [0.29, 0.717) is 42.2 Å². The monoisotopic (exact) mass is 353 g/mol. The molecule has 2 aromatic rings. The van der Waals surface area contributed by atoms with Crippen LogP contribution in [0.25, 0.3) is 0 Å². The number of hydrogen-bond acceptors (Lipinski definition) is 6. The molecule has 0 saturated carbocycles. The Morgan fingerprint density at radius 2 is 1.96 bits per heavy atom. The number of hydrogen-bond donors (Lipinski definition) is 1. The highest BCUT2D eigenvalue weighted by molar-refractivity contribution is 6.32. The van der Waals surface area contributed by atoms with Gasteiger partial charge in [-0.25, -0.2) is 4.68 Å². The molecule has 0 atom stereocenters. The van der Waals surface area contributed by atoms with E-state index < -0.39 is 0 Å². The average Bonchev–Trinajstić information content (AvgIpc) is 3.02. The zero-order valence-corrected chi connectivity index (χ0v) is 15.1. The lowest BCUT2D eigenvalue weighted by molar-refractivity contribution is 0.287. The summed E-state index contributed by atoms with van der Waals surface area (Å²) < 4.78 is 13.0. The van der Waals surface area contributed by atoms with Gasteiger partial charge in [0.1, 0.15) is 0 Å². The van der Waals surface area contributed by atoms with Crippen molar-refractivity contribution in [1.29, 1.82) is 0 Å². The van der Waals surface area contributed by atoms with E-state index in [1.807, 2.05) is 26.0 Å². The summed E-state index contributed by atoms with van der Waals surface area (Å²) in [4.78, 5) is 0. The molecule has 1 aromatic carbocycles. The maximum atomic E-state index is 6.33. The van der Waals surface area contributed by atoms with Crippen LogP contribution >= 0.6 is 11.6 Å². The molecule has 0 fully saturated rings. The first-order chi connectivity index (χ1) is 11.7. The lowest BCUT2D eigenvalue weighted by Gasteiger charge is -2.14. The molecule has 8 heteroatoms. The summed E-state index contributed by atoms with van der Waals surface area (Å²) >= 11 is 6.33. The Bertz CT molecular complexity index is 647. The molecular formula is C16H24ClN5O2. The zero-order valence-electron chi connectivity index (χ0n) is 14.4. The van der Waals surface area contributed by atoms with Crippen LogP contribution in [0.1, 0.15) is 39.2 Å². The highest BCUT2D eigenvalue weighted by atomic mass is 35.5.